The van der Waals surface area contributed by atoms with Crippen LogP contribution in [-0.4, -0.2) is 82.8 Å². The lowest BCUT2D eigenvalue weighted by Gasteiger charge is -2.37. The topological polar surface area (TPSA) is 73.8 Å². The van der Waals surface area contributed by atoms with E-state index in [9.17, 15) is 4.79 Å². The number of nitrogens with zero attached hydrogens (tertiary/aromatic N) is 5. The fourth-order valence-corrected chi connectivity index (χ4v) is 5.42. The van der Waals surface area contributed by atoms with Gasteiger partial charge in [0.25, 0.3) is 0 Å². The molecule has 8 nitrogen and oxygen atoms in total. The molecule has 36 heavy (non-hydrogen) atoms. The van der Waals surface area contributed by atoms with Crippen LogP contribution >= 0.6 is 27.5 Å². The van der Waals surface area contributed by atoms with E-state index in [1.165, 1.54) is 12.8 Å². The summed E-state index contributed by atoms with van der Waals surface area (Å²) in [5, 5.41) is 4.30. The standard InChI is InChI=1S/C25H33BrClFN6O2/c1-25(2,3)36-24(35)34-12-10-33(11-13-34)22-17-14-18(27)19(26)20(28)21(17)30-23(31-22)29-15-6-8-32(9-7-15)16-4-5-16/h14-16H,4-13H2,1-3H3,(H,29,30,31). The quantitative estimate of drug-likeness (QED) is 0.491. The molecule has 1 aromatic carbocycles. The summed E-state index contributed by atoms with van der Waals surface area (Å²) in [6.07, 6.45) is 4.32. The molecule has 1 saturated carbocycles. The van der Waals surface area contributed by atoms with Crippen LogP contribution in [-0.2, 0) is 4.74 Å². The van der Waals surface area contributed by atoms with Crippen LogP contribution in [0.2, 0.25) is 5.02 Å². The molecule has 3 heterocycles. The van der Waals surface area contributed by atoms with Gasteiger partial charge in [0.1, 0.15) is 16.9 Å². The lowest BCUT2D eigenvalue weighted by molar-refractivity contribution is 0.0240. The molecule has 196 valence electrons. The molecule has 1 amide bonds. The van der Waals surface area contributed by atoms with E-state index in [-0.39, 0.29) is 27.1 Å². The average Bonchev–Trinajstić information content (AvgIpc) is 3.68. The second-order valence-corrected chi connectivity index (χ2v) is 12.1. The first-order valence-corrected chi connectivity index (χ1v) is 13.8. The van der Waals surface area contributed by atoms with Crippen LogP contribution in [0.3, 0.4) is 0 Å². The van der Waals surface area contributed by atoms with Gasteiger partial charge in [0.2, 0.25) is 5.95 Å². The number of nitrogens with one attached hydrogen (secondary N) is 1. The molecule has 2 aliphatic heterocycles. The Bertz CT molecular complexity index is 1140. The Labute approximate surface area is 224 Å². The van der Waals surface area contributed by atoms with Crippen molar-refractivity contribution in [1.29, 1.82) is 0 Å². The third kappa shape index (κ3) is 5.65. The first-order valence-electron chi connectivity index (χ1n) is 12.7. The van der Waals surface area contributed by atoms with E-state index in [0.717, 1.165) is 32.0 Å². The predicted octanol–water partition coefficient (Wildman–Crippen LogP) is 5.28. The first-order chi connectivity index (χ1) is 17.1. The van der Waals surface area contributed by atoms with Crippen molar-refractivity contribution in [1.82, 2.24) is 19.8 Å². The van der Waals surface area contributed by atoms with Crippen molar-refractivity contribution in [3.8, 4) is 0 Å². The number of hydrogen-bond donors (Lipinski definition) is 1. The number of piperazine rings is 1. The lowest BCUT2D eigenvalue weighted by Crippen LogP contribution is -2.50. The second-order valence-electron chi connectivity index (χ2n) is 10.9. The van der Waals surface area contributed by atoms with Crippen molar-refractivity contribution in [2.75, 3.05) is 49.5 Å². The Morgan fingerprint density at radius 2 is 1.78 bits per heavy atom. The molecule has 3 fully saturated rings. The lowest BCUT2D eigenvalue weighted by atomic mass is 10.1. The normalized spacial score (nSPS) is 20.2. The minimum Gasteiger partial charge on any atom is -0.444 e. The summed E-state index contributed by atoms with van der Waals surface area (Å²) in [6, 6.07) is 2.72. The summed E-state index contributed by atoms with van der Waals surface area (Å²) in [4.78, 5) is 28.2. The van der Waals surface area contributed by atoms with Gasteiger partial charge in [-0.1, -0.05) is 11.6 Å². The number of anilines is 2. The minimum atomic E-state index is -0.548. The molecule has 0 unspecified atom stereocenters. The molecule has 0 spiro atoms. The molecule has 0 bridgehead atoms. The van der Waals surface area contributed by atoms with Gasteiger partial charge in [0, 0.05) is 56.7 Å². The van der Waals surface area contributed by atoms with E-state index in [1.807, 2.05) is 20.8 Å². The van der Waals surface area contributed by atoms with E-state index in [1.54, 1.807) is 11.0 Å². The maximum absolute atomic E-state index is 15.3. The Morgan fingerprint density at radius 1 is 1.11 bits per heavy atom. The van der Waals surface area contributed by atoms with Gasteiger partial charge in [0.05, 0.1) is 9.50 Å². The number of hydrogen-bond acceptors (Lipinski definition) is 7. The summed E-state index contributed by atoms with van der Waals surface area (Å²) in [7, 11) is 0. The molecule has 11 heteroatoms. The van der Waals surface area contributed by atoms with E-state index in [2.05, 4.69) is 36.0 Å². The highest BCUT2D eigenvalue weighted by Gasteiger charge is 2.32. The maximum atomic E-state index is 15.3. The number of carbonyl (C=O) groups is 1. The van der Waals surface area contributed by atoms with Crippen LogP contribution in [0.4, 0.5) is 21.0 Å². The molecule has 2 saturated heterocycles. The molecule has 2 aromatic rings. The Balaban J connectivity index is 1.37. The molecule has 1 aromatic heterocycles. The number of benzene rings is 1. The van der Waals surface area contributed by atoms with Gasteiger partial charge in [-0.05, 0) is 68.5 Å². The smallest absolute Gasteiger partial charge is 0.410 e. The van der Waals surface area contributed by atoms with Gasteiger partial charge in [0.15, 0.2) is 5.82 Å². The Morgan fingerprint density at radius 3 is 2.39 bits per heavy atom. The van der Waals surface area contributed by atoms with Gasteiger partial charge in [-0.25, -0.2) is 14.2 Å². The zero-order valence-electron chi connectivity index (χ0n) is 21.0. The van der Waals surface area contributed by atoms with Crippen LogP contribution in [0, 0.1) is 5.82 Å². The van der Waals surface area contributed by atoms with Gasteiger partial charge in [-0.2, -0.15) is 4.98 Å². The number of fused-ring (bicyclic) bond motifs is 1. The molecular formula is C25H33BrClFN6O2. The summed E-state index contributed by atoms with van der Waals surface area (Å²) >= 11 is 9.57. The van der Waals surface area contributed by atoms with Gasteiger partial charge in [-0.3, -0.25) is 0 Å². The van der Waals surface area contributed by atoms with E-state index in [4.69, 9.17) is 21.3 Å². The monoisotopic (exact) mass is 582 g/mol. The SMILES string of the molecule is CC(C)(C)OC(=O)N1CCN(c2nc(NC3CCN(C4CC4)CC3)nc3c(F)c(Br)c(Cl)cc23)CC1. The zero-order valence-corrected chi connectivity index (χ0v) is 23.3. The highest BCUT2D eigenvalue weighted by molar-refractivity contribution is 9.10. The molecule has 3 aliphatic rings. The van der Waals surface area contributed by atoms with Crippen molar-refractivity contribution in [2.24, 2.45) is 0 Å². The second kappa shape index (κ2) is 10.1. The Hall–Kier alpha value is -1.91. The molecule has 1 aliphatic carbocycles. The van der Waals surface area contributed by atoms with Gasteiger partial charge in [-0.15, -0.1) is 0 Å². The fraction of sp³-hybridized carbons (Fsp3) is 0.640. The number of likely N-dealkylation sites (tertiary alicyclic amines) is 1. The highest BCUT2D eigenvalue weighted by atomic mass is 79.9. The molecule has 0 atom stereocenters. The van der Waals surface area contributed by atoms with Crippen LogP contribution in [0.5, 0.6) is 0 Å². The summed E-state index contributed by atoms with van der Waals surface area (Å²) in [6.45, 7) is 9.74. The number of amides is 1. The average molecular weight is 584 g/mol. The van der Waals surface area contributed by atoms with Crippen LogP contribution in [0.1, 0.15) is 46.5 Å². The van der Waals surface area contributed by atoms with Crippen molar-refractivity contribution in [3.05, 3.63) is 21.4 Å². The number of ether oxygens (including phenoxy) is 1. The van der Waals surface area contributed by atoms with E-state index >= 15 is 4.39 Å². The van der Waals surface area contributed by atoms with Gasteiger partial charge >= 0.3 is 6.09 Å². The number of aromatic nitrogens is 2. The number of halogens is 3. The summed E-state index contributed by atoms with van der Waals surface area (Å²) < 4.78 is 21.0. The van der Waals surface area contributed by atoms with E-state index < -0.39 is 11.4 Å². The van der Waals surface area contributed by atoms with Crippen LogP contribution in [0.25, 0.3) is 10.9 Å². The van der Waals surface area contributed by atoms with Crippen LogP contribution in [0.15, 0.2) is 10.5 Å². The number of rotatable bonds is 4. The predicted molar refractivity (Wildman–Crippen MR) is 143 cm³/mol. The van der Waals surface area contributed by atoms with Crippen molar-refractivity contribution >= 4 is 56.3 Å². The number of carbonyl (C=O) groups excluding carboxylic acids is 1. The summed E-state index contributed by atoms with van der Waals surface area (Å²) in [5.74, 6) is 0.542. The third-order valence-corrected chi connectivity index (χ3v) is 8.27. The van der Waals surface area contributed by atoms with Crippen molar-refractivity contribution in [2.45, 2.75) is 64.1 Å². The largest absolute Gasteiger partial charge is 0.444 e. The first kappa shape index (κ1) is 25.7. The number of piperidine rings is 1. The third-order valence-electron chi connectivity index (χ3n) is 6.96. The minimum absolute atomic E-state index is 0.194. The molecule has 5 rings (SSSR count). The molecule has 1 N–H and O–H groups in total. The summed E-state index contributed by atoms with van der Waals surface area (Å²) in [5.41, 5.74) is -0.322. The van der Waals surface area contributed by atoms with Crippen molar-refractivity contribution < 1.29 is 13.9 Å². The maximum Gasteiger partial charge on any atom is 0.410 e. The Kier molecular flexibility index (Phi) is 7.22. The van der Waals surface area contributed by atoms with Gasteiger partial charge < -0.3 is 24.8 Å². The van der Waals surface area contributed by atoms with Crippen molar-refractivity contribution in [3.63, 3.8) is 0 Å². The molecule has 0 radical (unpaired) electrons. The van der Waals surface area contributed by atoms with Crippen LogP contribution < -0.4 is 10.2 Å². The molecular weight excluding hydrogens is 551 g/mol. The van der Waals surface area contributed by atoms with E-state index in [0.29, 0.717) is 43.3 Å². The zero-order chi connectivity index (χ0) is 25.6. The fourth-order valence-electron chi connectivity index (χ4n) is 4.92. The highest BCUT2D eigenvalue weighted by Crippen LogP contribution is 2.36.